The smallest absolute Gasteiger partial charge is 0.410 e. The fourth-order valence-electron chi connectivity index (χ4n) is 2.63. The van der Waals surface area contributed by atoms with E-state index in [9.17, 15) is 14.0 Å². The standard InChI is InChI=1S/C21H23FN2O4/c1-2-27-13-12-24(18-10-8-16(22)9-11-18)21(26)28-19-5-3-4-17(14-19)23-20(25)15-6-7-15/h3-5,8-11,14-15H,2,6-7,12-13H2,1H3,(H,23,25). The molecule has 0 unspecified atom stereocenters. The van der Waals surface area contributed by atoms with Crippen molar-refractivity contribution in [1.29, 1.82) is 0 Å². The van der Waals surface area contributed by atoms with E-state index in [1.165, 1.54) is 29.2 Å². The van der Waals surface area contributed by atoms with Crippen LogP contribution in [0.4, 0.5) is 20.6 Å². The van der Waals surface area contributed by atoms with Crippen LogP contribution in [-0.4, -0.2) is 31.8 Å². The number of carbonyl (C=O) groups excluding carboxylic acids is 2. The van der Waals surface area contributed by atoms with Gasteiger partial charge in [-0.15, -0.1) is 0 Å². The van der Waals surface area contributed by atoms with Gasteiger partial charge in [0, 0.05) is 30.0 Å². The number of anilines is 2. The SMILES string of the molecule is CCOCCN(C(=O)Oc1cccc(NC(=O)C2CC2)c1)c1ccc(F)cc1. The number of ether oxygens (including phenoxy) is 2. The summed E-state index contributed by atoms with van der Waals surface area (Å²) in [4.78, 5) is 26.0. The van der Waals surface area contributed by atoms with Gasteiger partial charge in [0.05, 0.1) is 13.2 Å². The Bertz CT molecular complexity index is 821. The van der Waals surface area contributed by atoms with Gasteiger partial charge in [-0.25, -0.2) is 9.18 Å². The van der Waals surface area contributed by atoms with Gasteiger partial charge in [0.15, 0.2) is 0 Å². The lowest BCUT2D eigenvalue weighted by atomic mass is 10.2. The van der Waals surface area contributed by atoms with Crippen LogP contribution in [-0.2, 0) is 9.53 Å². The van der Waals surface area contributed by atoms with Crippen LogP contribution in [0.5, 0.6) is 5.75 Å². The first-order valence-electron chi connectivity index (χ1n) is 9.30. The van der Waals surface area contributed by atoms with E-state index in [0.717, 1.165) is 12.8 Å². The highest BCUT2D eigenvalue weighted by molar-refractivity contribution is 5.94. The molecule has 0 atom stereocenters. The zero-order valence-electron chi connectivity index (χ0n) is 15.7. The minimum atomic E-state index is -0.614. The first-order chi connectivity index (χ1) is 13.6. The van der Waals surface area contributed by atoms with Gasteiger partial charge in [0.1, 0.15) is 11.6 Å². The third-order valence-electron chi connectivity index (χ3n) is 4.28. The summed E-state index contributed by atoms with van der Waals surface area (Å²) >= 11 is 0. The average molecular weight is 386 g/mol. The Labute approximate surface area is 163 Å². The first-order valence-corrected chi connectivity index (χ1v) is 9.30. The Morgan fingerprint density at radius 1 is 1.18 bits per heavy atom. The fraction of sp³-hybridized carbons (Fsp3) is 0.333. The van der Waals surface area contributed by atoms with Gasteiger partial charge in [0.2, 0.25) is 5.91 Å². The van der Waals surface area contributed by atoms with E-state index in [-0.39, 0.29) is 24.2 Å². The number of hydrogen-bond acceptors (Lipinski definition) is 4. The summed E-state index contributed by atoms with van der Waals surface area (Å²) in [5.74, 6) is -0.0185. The second-order valence-electron chi connectivity index (χ2n) is 6.48. The molecule has 0 spiro atoms. The largest absolute Gasteiger partial charge is 0.419 e. The lowest BCUT2D eigenvalue weighted by molar-refractivity contribution is -0.117. The molecule has 0 bridgehead atoms. The van der Waals surface area contributed by atoms with Crippen molar-refractivity contribution in [1.82, 2.24) is 0 Å². The molecule has 6 nitrogen and oxygen atoms in total. The van der Waals surface area contributed by atoms with Gasteiger partial charge in [0.25, 0.3) is 0 Å². The highest BCUT2D eigenvalue weighted by Crippen LogP contribution is 2.30. The molecule has 7 heteroatoms. The zero-order chi connectivity index (χ0) is 19.9. The molecule has 2 aromatic rings. The Kier molecular flexibility index (Phi) is 6.60. The minimum Gasteiger partial charge on any atom is -0.410 e. The normalized spacial score (nSPS) is 13.1. The van der Waals surface area contributed by atoms with Gasteiger partial charge in [-0.05, 0) is 56.2 Å². The van der Waals surface area contributed by atoms with Crippen LogP contribution in [0.3, 0.4) is 0 Å². The van der Waals surface area contributed by atoms with E-state index in [2.05, 4.69) is 5.32 Å². The molecular weight excluding hydrogens is 363 g/mol. The topological polar surface area (TPSA) is 67.9 Å². The fourth-order valence-corrected chi connectivity index (χ4v) is 2.63. The molecule has 0 aromatic heterocycles. The van der Waals surface area contributed by atoms with Gasteiger partial charge in [-0.1, -0.05) is 6.07 Å². The molecular formula is C21H23FN2O4. The zero-order valence-corrected chi connectivity index (χ0v) is 15.7. The van der Waals surface area contributed by atoms with Gasteiger partial charge >= 0.3 is 6.09 Å². The van der Waals surface area contributed by atoms with Crippen molar-refractivity contribution in [2.75, 3.05) is 30.0 Å². The minimum absolute atomic E-state index is 0.0203. The van der Waals surface area contributed by atoms with Crippen LogP contribution >= 0.6 is 0 Å². The molecule has 0 heterocycles. The van der Waals surface area contributed by atoms with E-state index in [1.807, 2.05) is 6.92 Å². The van der Waals surface area contributed by atoms with Crippen molar-refractivity contribution >= 4 is 23.4 Å². The maximum atomic E-state index is 13.2. The number of nitrogens with one attached hydrogen (secondary N) is 1. The summed E-state index contributed by atoms with van der Waals surface area (Å²) in [6, 6.07) is 12.3. The monoisotopic (exact) mass is 386 g/mol. The number of nitrogens with zero attached hydrogens (tertiary/aromatic N) is 1. The molecule has 0 radical (unpaired) electrons. The molecule has 0 aliphatic heterocycles. The van der Waals surface area contributed by atoms with Crippen molar-refractivity contribution < 1.29 is 23.5 Å². The molecule has 2 amide bonds. The van der Waals surface area contributed by atoms with Gasteiger partial charge < -0.3 is 14.8 Å². The lowest BCUT2D eigenvalue weighted by Gasteiger charge is -2.22. The number of carbonyl (C=O) groups is 2. The van der Waals surface area contributed by atoms with Crippen LogP contribution in [0.25, 0.3) is 0 Å². The average Bonchev–Trinajstić information content (AvgIpc) is 3.52. The van der Waals surface area contributed by atoms with Crippen molar-refractivity contribution in [3.8, 4) is 5.75 Å². The van der Waals surface area contributed by atoms with Crippen molar-refractivity contribution in [3.05, 3.63) is 54.3 Å². The predicted octanol–water partition coefficient (Wildman–Crippen LogP) is 4.22. The van der Waals surface area contributed by atoms with Crippen LogP contribution in [0, 0.1) is 11.7 Å². The maximum absolute atomic E-state index is 13.2. The molecule has 1 N–H and O–H groups in total. The summed E-state index contributed by atoms with van der Waals surface area (Å²) in [6.45, 7) is 2.97. The molecule has 1 saturated carbocycles. The van der Waals surface area contributed by atoms with Crippen molar-refractivity contribution in [2.24, 2.45) is 5.92 Å². The van der Waals surface area contributed by atoms with E-state index >= 15 is 0 Å². The lowest BCUT2D eigenvalue weighted by Crippen LogP contribution is -2.36. The summed E-state index contributed by atoms with van der Waals surface area (Å²) in [7, 11) is 0. The Morgan fingerprint density at radius 3 is 2.61 bits per heavy atom. The molecule has 3 rings (SSSR count). The van der Waals surface area contributed by atoms with Gasteiger partial charge in [-0.2, -0.15) is 0 Å². The van der Waals surface area contributed by atoms with E-state index in [1.54, 1.807) is 24.3 Å². The highest BCUT2D eigenvalue weighted by atomic mass is 19.1. The third kappa shape index (κ3) is 5.53. The Morgan fingerprint density at radius 2 is 1.93 bits per heavy atom. The third-order valence-corrected chi connectivity index (χ3v) is 4.28. The first kappa shape index (κ1) is 19.8. The van der Waals surface area contributed by atoms with Crippen LogP contribution in [0.15, 0.2) is 48.5 Å². The second kappa shape index (κ2) is 9.32. The number of amides is 2. The Hall–Kier alpha value is -2.93. The van der Waals surface area contributed by atoms with E-state index < -0.39 is 6.09 Å². The highest BCUT2D eigenvalue weighted by Gasteiger charge is 2.29. The molecule has 28 heavy (non-hydrogen) atoms. The molecule has 0 saturated heterocycles. The number of halogens is 1. The van der Waals surface area contributed by atoms with Gasteiger partial charge in [-0.3, -0.25) is 9.69 Å². The Balaban J connectivity index is 1.69. The summed E-state index contributed by atoms with van der Waals surface area (Å²) in [5, 5.41) is 2.82. The number of rotatable bonds is 8. The summed E-state index contributed by atoms with van der Waals surface area (Å²) < 4.78 is 24.0. The van der Waals surface area contributed by atoms with Crippen molar-refractivity contribution in [3.63, 3.8) is 0 Å². The molecule has 148 valence electrons. The molecule has 1 aliphatic carbocycles. The molecule has 1 aliphatic rings. The second-order valence-corrected chi connectivity index (χ2v) is 6.48. The summed E-state index contributed by atoms with van der Waals surface area (Å²) in [6.07, 6.45) is 1.21. The predicted molar refractivity (Wildman–Crippen MR) is 104 cm³/mol. The molecule has 2 aromatic carbocycles. The van der Waals surface area contributed by atoms with Crippen molar-refractivity contribution in [2.45, 2.75) is 19.8 Å². The van der Waals surface area contributed by atoms with Crippen LogP contribution < -0.4 is 15.0 Å². The van der Waals surface area contributed by atoms with E-state index in [4.69, 9.17) is 9.47 Å². The van der Waals surface area contributed by atoms with E-state index in [0.29, 0.717) is 30.3 Å². The number of hydrogen-bond donors (Lipinski definition) is 1. The van der Waals surface area contributed by atoms with Crippen LogP contribution in [0.1, 0.15) is 19.8 Å². The number of benzene rings is 2. The maximum Gasteiger partial charge on any atom is 0.419 e. The summed E-state index contributed by atoms with van der Waals surface area (Å²) in [5.41, 5.74) is 1.08. The quantitative estimate of drug-likeness (QED) is 0.690. The molecule has 1 fully saturated rings. The van der Waals surface area contributed by atoms with Crippen LogP contribution in [0.2, 0.25) is 0 Å².